The van der Waals surface area contributed by atoms with Crippen molar-refractivity contribution in [2.45, 2.75) is 9.79 Å². The van der Waals surface area contributed by atoms with Gasteiger partial charge < -0.3 is 10.2 Å². The second kappa shape index (κ2) is 4.92. The number of benzene rings is 2. The van der Waals surface area contributed by atoms with Crippen LogP contribution in [0.5, 0.6) is 11.5 Å². The Labute approximate surface area is 119 Å². The molecule has 0 aliphatic rings. The lowest BCUT2D eigenvalue weighted by Gasteiger charge is -2.08. The maximum Gasteiger partial charge on any atom is 0.213 e. The summed E-state index contributed by atoms with van der Waals surface area (Å²) in [7, 11) is -4.05. The molecule has 2 aromatic rings. The molecule has 19 heavy (non-hydrogen) atoms. The molecule has 0 aliphatic carbocycles. The highest BCUT2D eigenvalue weighted by atomic mass is 35.5. The van der Waals surface area contributed by atoms with E-state index in [2.05, 4.69) is 0 Å². The number of hydrogen-bond acceptors (Lipinski definition) is 4. The van der Waals surface area contributed by atoms with E-state index in [9.17, 15) is 18.6 Å². The van der Waals surface area contributed by atoms with E-state index in [1.165, 1.54) is 24.3 Å². The lowest BCUT2D eigenvalue weighted by Crippen LogP contribution is -2.02. The van der Waals surface area contributed by atoms with Crippen LogP contribution in [0.1, 0.15) is 0 Å². The van der Waals surface area contributed by atoms with Gasteiger partial charge in [-0.1, -0.05) is 23.2 Å². The normalized spacial score (nSPS) is 11.5. The van der Waals surface area contributed by atoms with E-state index in [0.29, 0.717) is 0 Å². The van der Waals surface area contributed by atoms with Gasteiger partial charge in [-0.05, 0) is 36.4 Å². The van der Waals surface area contributed by atoms with Crippen LogP contribution in [0.4, 0.5) is 0 Å². The van der Waals surface area contributed by atoms with Crippen LogP contribution in [-0.2, 0) is 9.84 Å². The number of rotatable bonds is 2. The summed E-state index contributed by atoms with van der Waals surface area (Å²) in [6.45, 7) is 0. The van der Waals surface area contributed by atoms with E-state index in [1.807, 2.05) is 0 Å². The molecule has 2 aromatic carbocycles. The SMILES string of the molecule is O=S(=O)(c1ccc(Cl)cc1O)c1ccc(Cl)cc1O. The minimum absolute atomic E-state index is 0.205. The Morgan fingerprint density at radius 1 is 0.789 bits per heavy atom. The van der Waals surface area contributed by atoms with Gasteiger partial charge in [-0.3, -0.25) is 0 Å². The number of phenols is 2. The predicted molar refractivity (Wildman–Crippen MR) is 71.7 cm³/mol. The first-order valence-electron chi connectivity index (χ1n) is 5.04. The first-order chi connectivity index (χ1) is 8.82. The third-order valence-corrected chi connectivity index (χ3v) is 4.74. The Morgan fingerprint density at radius 2 is 1.16 bits per heavy atom. The van der Waals surface area contributed by atoms with Gasteiger partial charge >= 0.3 is 0 Å². The van der Waals surface area contributed by atoms with E-state index in [4.69, 9.17) is 23.2 Å². The van der Waals surface area contributed by atoms with E-state index in [-0.39, 0.29) is 19.8 Å². The molecule has 7 heteroatoms. The van der Waals surface area contributed by atoms with Crippen molar-refractivity contribution in [1.82, 2.24) is 0 Å². The maximum absolute atomic E-state index is 12.3. The van der Waals surface area contributed by atoms with E-state index >= 15 is 0 Å². The minimum Gasteiger partial charge on any atom is -0.507 e. The van der Waals surface area contributed by atoms with Gasteiger partial charge in [0.1, 0.15) is 21.3 Å². The number of halogens is 2. The Hall–Kier alpha value is -1.43. The summed E-state index contributed by atoms with van der Waals surface area (Å²) in [6, 6.07) is 7.23. The van der Waals surface area contributed by atoms with Crippen molar-refractivity contribution in [3.05, 3.63) is 46.4 Å². The molecule has 0 aliphatic heterocycles. The first-order valence-corrected chi connectivity index (χ1v) is 7.28. The molecule has 0 aromatic heterocycles. The van der Waals surface area contributed by atoms with Gasteiger partial charge in [0.25, 0.3) is 0 Å². The fraction of sp³-hybridized carbons (Fsp3) is 0. The smallest absolute Gasteiger partial charge is 0.213 e. The van der Waals surface area contributed by atoms with Crippen molar-refractivity contribution in [3.63, 3.8) is 0 Å². The van der Waals surface area contributed by atoms with Crippen molar-refractivity contribution in [3.8, 4) is 11.5 Å². The molecule has 0 saturated heterocycles. The summed E-state index contributed by atoms with van der Waals surface area (Å²) < 4.78 is 24.6. The molecule has 4 nitrogen and oxygen atoms in total. The highest BCUT2D eigenvalue weighted by Crippen LogP contribution is 2.35. The Balaban J connectivity index is 2.65. The summed E-state index contributed by atoms with van der Waals surface area (Å²) in [4.78, 5) is -0.677. The van der Waals surface area contributed by atoms with Crippen molar-refractivity contribution in [2.75, 3.05) is 0 Å². The van der Waals surface area contributed by atoms with Gasteiger partial charge in [0.15, 0.2) is 0 Å². The van der Waals surface area contributed by atoms with Crippen LogP contribution in [0.2, 0.25) is 10.0 Å². The molecule has 2 rings (SSSR count). The second-order valence-electron chi connectivity index (χ2n) is 3.73. The molecule has 0 bridgehead atoms. The molecule has 0 unspecified atom stereocenters. The Kier molecular flexibility index (Phi) is 3.62. The maximum atomic E-state index is 12.3. The zero-order valence-corrected chi connectivity index (χ0v) is 11.7. The molecule has 0 saturated carbocycles. The summed E-state index contributed by atoms with van der Waals surface area (Å²) in [6.07, 6.45) is 0. The molecule has 0 atom stereocenters. The standard InChI is InChI=1S/C12H8Cl2O4S/c13-7-1-3-11(9(15)5-7)19(17,18)12-4-2-8(14)6-10(12)16/h1-6,15-16H. The van der Waals surface area contributed by atoms with Gasteiger partial charge in [-0.25, -0.2) is 8.42 Å². The molecule has 0 heterocycles. The number of hydrogen-bond donors (Lipinski definition) is 2. The lowest BCUT2D eigenvalue weighted by molar-refractivity contribution is 0.453. The van der Waals surface area contributed by atoms with Crippen molar-refractivity contribution in [2.24, 2.45) is 0 Å². The quantitative estimate of drug-likeness (QED) is 0.891. The highest BCUT2D eigenvalue weighted by molar-refractivity contribution is 7.91. The summed E-state index contributed by atoms with van der Waals surface area (Å²) in [5.74, 6) is -0.969. The van der Waals surface area contributed by atoms with Crippen LogP contribution >= 0.6 is 23.2 Å². The van der Waals surface area contributed by atoms with Crippen LogP contribution in [0, 0.1) is 0 Å². The second-order valence-corrected chi connectivity index (χ2v) is 6.49. The average Bonchev–Trinajstić information content (AvgIpc) is 2.27. The van der Waals surface area contributed by atoms with E-state index in [0.717, 1.165) is 12.1 Å². The lowest BCUT2D eigenvalue weighted by atomic mass is 10.3. The Bertz CT molecular complexity index is 684. The van der Waals surface area contributed by atoms with Gasteiger partial charge in [-0.2, -0.15) is 0 Å². The summed E-state index contributed by atoms with van der Waals surface area (Å²) in [5.41, 5.74) is 0. The van der Waals surface area contributed by atoms with Gasteiger partial charge in [0.05, 0.1) is 0 Å². The number of sulfone groups is 1. The van der Waals surface area contributed by atoms with Gasteiger partial charge in [-0.15, -0.1) is 0 Å². The number of phenolic OH excluding ortho intramolecular Hbond substituents is 2. The van der Waals surface area contributed by atoms with Crippen molar-refractivity contribution < 1.29 is 18.6 Å². The third-order valence-electron chi connectivity index (χ3n) is 2.42. The highest BCUT2D eigenvalue weighted by Gasteiger charge is 2.24. The molecule has 0 spiro atoms. The largest absolute Gasteiger partial charge is 0.507 e. The zero-order valence-electron chi connectivity index (χ0n) is 9.34. The third kappa shape index (κ3) is 2.63. The number of aromatic hydroxyl groups is 2. The molecule has 2 N–H and O–H groups in total. The Morgan fingerprint density at radius 3 is 1.47 bits per heavy atom. The fourth-order valence-electron chi connectivity index (χ4n) is 1.55. The molecule has 0 fully saturated rings. The van der Waals surface area contributed by atoms with Crippen LogP contribution in [0.25, 0.3) is 0 Å². The minimum atomic E-state index is -4.05. The summed E-state index contributed by atoms with van der Waals surface area (Å²) in [5, 5.41) is 19.7. The first kappa shape index (κ1) is 14.0. The van der Waals surface area contributed by atoms with Crippen molar-refractivity contribution >= 4 is 33.0 Å². The molecular weight excluding hydrogens is 311 g/mol. The van der Waals surface area contributed by atoms with Gasteiger partial charge in [0, 0.05) is 10.0 Å². The van der Waals surface area contributed by atoms with E-state index in [1.54, 1.807) is 0 Å². The topological polar surface area (TPSA) is 74.6 Å². The average molecular weight is 319 g/mol. The van der Waals surface area contributed by atoms with E-state index < -0.39 is 21.3 Å². The predicted octanol–water partition coefficient (Wildman–Crippen LogP) is 3.24. The van der Waals surface area contributed by atoms with Crippen LogP contribution in [-0.4, -0.2) is 18.6 Å². The van der Waals surface area contributed by atoms with Crippen LogP contribution < -0.4 is 0 Å². The summed E-state index contributed by atoms with van der Waals surface area (Å²) >= 11 is 11.3. The molecule has 0 radical (unpaired) electrons. The fourth-order valence-corrected chi connectivity index (χ4v) is 3.29. The zero-order chi connectivity index (χ0) is 14.2. The van der Waals surface area contributed by atoms with Crippen LogP contribution in [0.3, 0.4) is 0 Å². The molecular formula is C12H8Cl2O4S. The van der Waals surface area contributed by atoms with Crippen molar-refractivity contribution in [1.29, 1.82) is 0 Å². The molecule has 0 amide bonds. The van der Waals surface area contributed by atoms with Gasteiger partial charge in [0.2, 0.25) is 9.84 Å². The monoisotopic (exact) mass is 318 g/mol. The van der Waals surface area contributed by atoms with Crippen LogP contribution in [0.15, 0.2) is 46.2 Å². The molecule has 100 valence electrons.